The lowest BCUT2D eigenvalue weighted by atomic mass is 9.92. The lowest BCUT2D eigenvalue weighted by Gasteiger charge is -2.34. The van der Waals surface area contributed by atoms with E-state index < -0.39 is 0 Å². The first-order valence-electron chi connectivity index (χ1n) is 6.74. The molecule has 0 aromatic heterocycles. The number of hydrogen-bond acceptors (Lipinski definition) is 2. The van der Waals surface area contributed by atoms with Crippen LogP contribution in [-0.4, -0.2) is 31.1 Å². The van der Waals surface area contributed by atoms with Gasteiger partial charge in [0.05, 0.1) is 0 Å². The Hall–Kier alpha value is -1.09. The molecular formula is C15H22FNO. The Morgan fingerprint density at radius 1 is 1.17 bits per heavy atom. The molecule has 1 aromatic carbocycles. The summed E-state index contributed by atoms with van der Waals surface area (Å²) < 4.78 is 18.3. The molecule has 0 saturated carbocycles. The van der Waals surface area contributed by atoms with Crippen LogP contribution in [0.2, 0.25) is 0 Å². The van der Waals surface area contributed by atoms with Gasteiger partial charge in [-0.2, -0.15) is 0 Å². The van der Waals surface area contributed by atoms with Crippen LogP contribution in [0.5, 0.6) is 5.75 Å². The van der Waals surface area contributed by atoms with E-state index in [1.165, 1.54) is 18.6 Å². The Labute approximate surface area is 109 Å². The first-order chi connectivity index (χ1) is 8.63. The molecule has 3 heteroatoms. The largest absolute Gasteiger partial charge is 0.492 e. The van der Waals surface area contributed by atoms with Gasteiger partial charge in [0.15, 0.2) is 0 Å². The average Bonchev–Trinajstić information content (AvgIpc) is 2.30. The third-order valence-corrected chi connectivity index (χ3v) is 3.43. The standard InChI is InChI=1S/C15H22FNO/c1-12-9-13(2)11-17(10-12)7-8-18-15-5-3-14(16)4-6-15/h3-6,12-13H,7-11H2,1-2H3/t12-,13-/m0/s1. The van der Waals surface area contributed by atoms with E-state index in [1.807, 2.05) is 0 Å². The predicted octanol–water partition coefficient (Wildman–Crippen LogP) is 3.18. The molecule has 0 spiro atoms. The van der Waals surface area contributed by atoms with E-state index in [2.05, 4.69) is 18.7 Å². The van der Waals surface area contributed by atoms with Gasteiger partial charge >= 0.3 is 0 Å². The van der Waals surface area contributed by atoms with Gasteiger partial charge < -0.3 is 4.74 Å². The second-order valence-corrected chi connectivity index (χ2v) is 5.51. The van der Waals surface area contributed by atoms with Crippen LogP contribution < -0.4 is 4.74 Å². The van der Waals surface area contributed by atoms with Crippen LogP contribution in [-0.2, 0) is 0 Å². The zero-order valence-electron chi connectivity index (χ0n) is 11.2. The van der Waals surface area contributed by atoms with Gasteiger partial charge in [0.2, 0.25) is 0 Å². The highest BCUT2D eigenvalue weighted by Gasteiger charge is 2.21. The normalized spacial score (nSPS) is 25.1. The fourth-order valence-corrected chi connectivity index (χ4v) is 2.80. The number of likely N-dealkylation sites (tertiary alicyclic amines) is 1. The van der Waals surface area contributed by atoms with E-state index in [0.717, 1.165) is 37.2 Å². The van der Waals surface area contributed by atoms with E-state index in [-0.39, 0.29) is 5.82 Å². The fraction of sp³-hybridized carbons (Fsp3) is 0.600. The van der Waals surface area contributed by atoms with Crippen molar-refractivity contribution in [3.8, 4) is 5.75 Å². The zero-order chi connectivity index (χ0) is 13.0. The molecule has 1 aliphatic heterocycles. The minimum absolute atomic E-state index is 0.221. The first kappa shape index (κ1) is 13.3. The number of ether oxygens (including phenoxy) is 1. The molecule has 0 unspecified atom stereocenters. The Kier molecular flexibility index (Phi) is 4.59. The average molecular weight is 251 g/mol. The number of benzene rings is 1. The van der Waals surface area contributed by atoms with Crippen molar-refractivity contribution < 1.29 is 9.13 Å². The summed E-state index contributed by atoms with van der Waals surface area (Å²) in [6, 6.07) is 6.22. The molecule has 0 N–H and O–H groups in total. The van der Waals surface area contributed by atoms with Gasteiger partial charge in [-0.15, -0.1) is 0 Å². The van der Waals surface area contributed by atoms with E-state index in [4.69, 9.17) is 4.74 Å². The molecule has 2 rings (SSSR count). The van der Waals surface area contributed by atoms with E-state index in [0.29, 0.717) is 6.61 Å². The van der Waals surface area contributed by atoms with Gasteiger partial charge in [-0.3, -0.25) is 4.90 Å². The van der Waals surface area contributed by atoms with Crippen molar-refractivity contribution in [3.05, 3.63) is 30.1 Å². The number of hydrogen-bond donors (Lipinski definition) is 0. The number of rotatable bonds is 4. The van der Waals surface area contributed by atoms with Crippen LogP contribution in [0.15, 0.2) is 24.3 Å². The van der Waals surface area contributed by atoms with Crippen molar-refractivity contribution in [3.63, 3.8) is 0 Å². The van der Waals surface area contributed by atoms with Crippen LogP contribution in [0.1, 0.15) is 20.3 Å². The Balaban J connectivity index is 1.73. The Morgan fingerprint density at radius 3 is 2.39 bits per heavy atom. The van der Waals surface area contributed by atoms with Gasteiger partial charge in [0.1, 0.15) is 18.2 Å². The lowest BCUT2D eigenvalue weighted by molar-refractivity contribution is 0.120. The first-order valence-corrected chi connectivity index (χ1v) is 6.74. The Morgan fingerprint density at radius 2 is 1.78 bits per heavy atom. The molecule has 1 fully saturated rings. The second-order valence-electron chi connectivity index (χ2n) is 5.51. The molecule has 0 bridgehead atoms. The molecule has 100 valence electrons. The summed E-state index contributed by atoms with van der Waals surface area (Å²) in [5.41, 5.74) is 0. The molecule has 2 atom stereocenters. The van der Waals surface area contributed by atoms with Gasteiger partial charge in [0, 0.05) is 19.6 Å². The smallest absolute Gasteiger partial charge is 0.123 e. The molecule has 1 heterocycles. The van der Waals surface area contributed by atoms with Gasteiger partial charge in [-0.05, 0) is 42.5 Å². The van der Waals surface area contributed by atoms with E-state index >= 15 is 0 Å². The highest BCUT2D eigenvalue weighted by molar-refractivity contribution is 5.21. The summed E-state index contributed by atoms with van der Waals surface area (Å²) in [4.78, 5) is 2.46. The van der Waals surface area contributed by atoms with Crippen LogP contribution in [0, 0.1) is 17.7 Å². The van der Waals surface area contributed by atoms with Crippen molar-refractivity contribution in [2.75, 3.05) is 26.2 Å². The summed E-state index contributed by atoms with van der Waals surface area (Å²) in [6.45, 7) is 8.57. The third-order valence-electron chi connectivity index (χ3n) is 3.43. The summed E-state index contributed by atoms with van der Waals surface area (Å²) >= 11 is 0. The molecule has 18 heavy (non-hydrogen) atoms. The molecule has 1 aromatic rings. The monoisotopic (exact) mass is 251 g/mol. The number of halogens is 1. The van der Waals surface area contributed by atoms with Crippen molar-refractivity contribution in [1.82, 2.24) is 4.90 Å². The molecule has 0 amide bonds. The van der Waals surface area contributed by atoms with Crippen LogP contribution in [0.25, 0.3) is 0 Å². The highest BCUT2D eigenvalue weighted by Crippen LogP contribution is 2.20. The summed E-state index contributed by atoms with van der Waals surface area (Å²) in [5, 5.41) is 0. The maximum absolute atomic E-state index is 12.7. The number of nitrogens with zero attached hydrogens (tertiary/aromatic N) is 1. The molecule has 1 aliphatic rings. The SMILES string of the molecule is C[C@H]1C[C@H](C)CN(CCOc2ccc(F)cc2)C1. The summed E-state index contributed by atoms with van der Waals surface area (Å²) in [7, 11) is 0. The van der Waals surface area contributed by atoms with Crippen LogP contribution >= 0.6 is 0 Å². The summed E-state index contributed by atoms with van der Waals surface area (Å²) in [6.07, 6.45) is 1.33. The predicted molar refractivity (Wildman–Crippen MR) is 71.3 cm³/mol. The van der Waals surface area contributed by atoms with E-state index in [1.54, 1.807) is 12.1 Å². The Bertz CT molecular complexity index is 355. The molecule has 0 radical (unpaired) electrons. The molecular weight excluding hydrogens is 229 g/mol. The molecule has 2 nitrogen and oxygen atoms in total. The highest BCUT2D eigenvalue weighted by atomic mass is 19.1. The quantitative estimate of drug-likeness (QED) is 0.815. The van der Waals surface area contributed by atoms with Crippen molar-refractivity contribution >= 4 is 0 Å². The lowest BCUT2D eigenvalue weighted by Crippen LogP contribution is -2.40. The molecule has 0 aliphatic carbocycles. The maximum Gasteiger partial charge on any atom is 0.123 e. The topological polar surface area (TPSA) is 12.5 Å². The third kappa shape index (κ3) is 3.98. The second kappa shape index (κ2) is 6.19. The van der Waals surface area contributed by atoms with Gasteiger partial charge in [-0.25, -0.2) is 4.39 Å². The van der Waals surface area contributed by atoms with Crippen molar-refractivity contribution in [1.29, 1.82) is 0 Å². The van der Waals surface area contributed by atoms with E-state index in [9.17, 15) is 4.39 Å². The zero-order valence-corrected chi connectivity index (χ0v) is 11.2. The number of piperidine rings is 1. The van der Waals surface area contributed by atoms with Gasteiger partial charge in [-0.1, -0.05) is 13.8 Å². The minimum Gasteiger partial charge on any atom is -0.492 e. The van der Waals surface area contributed by atoms with Crippen LogP contribution in [0.3, 0.4) is 0 Å². The summed E-state index contributed by atoms with van der Waals surface area (Å²) in [5.74, 6) is 2.08. The molecule has 1 saturated heterocycles. The van der Waals surface area contributed by atoms with Gasteiger partial charge in [0.25, 0.3) is 0 Å². The minimum atomic E-state index is -0.221. The van der Waals surface area contributed by atoms with Crippen molar-refractivity contribution in [2.45, 2.75) is 20.3 Å². The van der Waals surface area contributed by atoms with Crippen LogP contribution in [0.4, 0.5) is 4.39 Å². The maximum atomic E-state index is 12.7. The fourth-order valence-electron chi connectivity index (χ4n) is 2.80. The van der Waals surface area contributed by atoms with Crippen molar-refractivity contribution in [2.24, 2.45) is 11.8 Å².